The lowest BCUT2D eigenvalue weighted by Crippen LogP contribution is -2.33. The number of likely N-dealkylation sites (tertiary alicyclic amines) is 1. The summed E-state index contributed by atoms with van der Waals surface area (Å²) in [6.07, 6.45) is -4.01. The zero-order chi connectivity index (χ0) is 29.6. The van der Waals surface area contributed by atoms with Crippen molar-refractivity contribution in [3.8, 4) is 5.75 Å². The second kappa shape index (κ2) is 10.7. The van der Waals surface area contributed by atoms with Crippen molar-refractivity contribution in [2.75, 3.05) is 19.0 Å². The maximum absolute atomic E-state index is 14.1. The number of ether oxygens (including phenoxy) is 1. The Hall–Kier alpha value is -4.19. The molecular weight excluding hydrogens is 573 g/mol. The molecule has 2 N–H and O–H groups in total. The molecule has 3 amide bonds. The number of hydrogen-bond acceptors (Lipinski definition) is 4. The van der Waals surface area contributed by atoms with Gasteiger partial charge in [0.05, 0.1) is 28.9 Å². The first-order valence-corrected chi connectivity index (χ1v) is 12.7. The molecule has 0 aromatic heterocycles. The van der Waals surface area contributed by atoms with Crippen LogP contribution < -0.4 is 15.4 Å². The molecule has 5 rings (SSSR count). The molecule has 0 unspecified atom stereocenters. The maximum atomic E-state index is 14.1. The van der Waals surface area contributed by atoms with Crippen LogP contribution >= 0.6 is 11.6 Å². The number of likely N-dealkylation sites (N-methyl/N-ethyl adjacent to an activating group) is 1. The summed E-state index contributed by atoms with van der Waals surface area (Å²) in [6, 6.07) is 6.38. The molecule has 41 heavy (non-hydrogen) atoms. The minimum Gasteiger partial charge on any atom is -0.491 e. The van der Waals surface area contributed by atoms with Crippen molar-refractivity contribution in [3.05, 3.63) is 93.0 Å². The first kappa shape index (κ1) is 28.3. The number of fused-ring (bicyclic) bond motifs is 1. The number of alkyl halides is 3. The molecule has 3 aromatic rings. The maximum Gasteiger partial charge on any atom is 0.416 e. The average Bonchev–Trinajstić information content (AvgIpc) is 3.41. The van der Waals surface area contributed by atoms with Crippen LogP contribution in [0.15, 0.2) is 48.5 Å². The van der Waals surface area contributed by atoms with E-state index in [-0.39, 0.29) is 57.8 Å². The molecule has 2 atom stereocenters. The molecule has 0 spiro atoms. The van der Waals surface area contributed by atoms with Crippen molar-refractivity contribution < 1.29 is 41.1 Å². The van der Waals surface area contributed by atoms with Crippen LogP contribution in [0.1, 0.15) is 56.3 Å². The molecule has 1 saturated heterocycles. The monoisotopic (exact) mass is 593 g/mol. The van der Waals surface area contributed by atoms with E-state index in [4.69, 9.17) is 16.3 Å². The predicted molar refractivity (Wildman–Crippen MR) is 138 cm³/mol. The lowest BCUT2D eigenvalue weighted by Gasteiger charge is -2.22. The van der Waals surface area contributed by atoms with Crippen LogP contribution in [0.3, 0.4) is 0 Å². The van der Waals surface area contributed by atoms with Gasteiger partial charge in [-0.15, -0.1) is 0 Å². The number of halogens is 6. The van der Waals surface area contributed by atoms with Gasteiger partial charge in [0, 0.05) is 41.2 Å². The van der Waals surface area contributed by atoms with Gasteiger partial charge in [0.1, 0.15) is 24.0 Å². The number of amides is 3. The van der Waals surface area contributed by atoms with Crippen molar-refractivity contribution in [3.63, 3.8) is 0 Å². The number of anilines is 1. The molecule has 0 saturated carbocycles. The highest BCUT2D eigenvalue weighted by Crippen LogP contribution is 2.42. The molecule has 0 bridgehead atoms. The Morgan fingerprint density at radius 2 is 1.85 bits per heavy atom. The first-order chi connectivity index (χ1) is 19.3. The van der Waals surface area contributed by atoms with Crippen LogP contribution in [0.4, 0.5) is 27.6 Å². The van der Waals surface area contributed by atoms with Gasteiger partial charge in [-0.25, -0.2) is 8.78 Å². The van der Waals surface area contributed by atoms with E-state index in [1.807, 2.05) is 0 Å². The molecule has 7 nitrogen and oxygen atoms in total. The highest BCUT2D eigenvalue weighted by atomic mass is 35.5. The highest BCUT2D eigenvalue weighted by Gasteiger charge is 2.36. The third-order valence-electron chi connectivity index (χ3n) is 7.04. The van der Waals surface area contributed by atoms with Crippen LogP contribution in [-0.2, 0) is 11.0 Å². The summed E-state index contributed by atoms with van der Waals surface area (Å²) >= 11 is 6.29. The number of hydrogen-bond donors (Lipinski definition) is 2. The second-order valence-electron chi connectivity index (χ2n) is 9.69. The van der Waals surface area contributed by atoms with Crippen molar-refractivity contribution in [2.24, 2.45) is 0 Å². The van der Waals surface area contributed by atoms with Gasteiger partial charge in [0.2, 0.25) is 5.91 Å². The molecular formula is C28H21ClF5N3O4. The molecule has 2 aliphatic rings. The number of nitrogens with zero attached hydrogens (tertiary/aromatic N) is 1. The molecule has 1 fully saturated rings. The Balaban J connectivity index is 1.55. The number of benzene rings is 3. The van der Waals surface area contributed by atoms with Gasteiger partial charge in [0.25, 0.3) is 11.8 Å². The fourth-order valence-electron chi connectivity index (χ4n) is 4.89. The summed E-state index contributed by atoms with van der Waals surface area (Å²) in [7, 11) is 1.63. The minimum absolute atomic E-state index is 0.0363. The average molecular weight is 594 g/mol. The van der Waals surface area contributed by atoms with E-state index in [0.29, 0.717) is 25.0 Å². The smallest absolute Gasteiger partial charge is 0.416 e. The van der Waals surface area contributed by atoms with Crippen LogP contribution in [-0.4, -0.2) is 42.3 Å². The number of rotatable bonds is 6. The lowest BCUT2D eigenvalue weighted by atomic mass is 9.95. The SMILES string of the molecule is CN1C(=O)CC[C@H]1COc1cc(NC(=O)c2cc(F)cc(C(F)(F)F)c2)c2c(c1)C(=O)N[C@@H]2c1cc(F)ccc1Cl. The number of carbonyl (C=O) groups excluding carboxylic acids is 3. The van der Waals surface area contributed by atoms with E-state index < -0.39 is 46.8 Å². The molecule has 214 valence electrons. The summed E-state index contributed by atoms with van der Waals surface area (Å²) in [5.41, 5.74) is -1.68. The summed E-state index contributed by atoms with van der Waals surface area (Å²) in [6.45, 7) is 0.0635. The summed E-state index contributed by atoms with van der Waals surface area (Å²) in [5.74, 6) is -3.56. The van der Waals surface area contributed by atoms with Crippen molar-refractivity contribution in [1.82, 2.24) is 10.2 Å². The lowest BCUT2D eigenvalue weighted by molar-refractivity contribution is -0.137. The second-order valence-corrected chi connectivity index (χ2v) is 10.1. The van der Waals surface area contributed by atoms with Gasteiger partial charge >= 0.3 is 6.18 Å². The Morgan fingerprint density at radius 1 is 1.10 bits per heavy atom. The van der Waals surface area contributed by atoms with Crippen LogP contribution in [0, 0.1) is 11.6 Å². The normalized spacial score (nSPS) is 18.4. The van der Waals surface area contributed by atoms with E-state index in [1.54, 1.807) is 7.05 Å². The number of nitrogens with one attached hydrogen (secondary N) is 2. The topological polar surface area (TPSA) is 87.7 Å². The minimum atomic E-state index is -4.91. The van der Waals surface area contributed by atoms with Crippen molar-refractivity contribution in [2.45, 2.75) is 31.1 Å². The highest BCUT2D eigenvalue weighted by molar-refractivity contribution is 6.31. The van der Waals surface area contributed by atoms with Crippen LogP contribution in [0.2, 0.25) is 5.02 Å². The molecule has 13 heteroatoms. The molecule has 0 aliphatic carbocycles. The van der Waals surface area contributed by atoms with Gasteiger partial charge in [-0.05, 0) is 48.9 Å². The zero-order valence-electron chi connectivity index (χ0n) is 21.2. The Bertz CT molecular complexity index is 1580. The van der Waals surface area contributed by atoms with E-state index >= 15 is 0 Å². The largest absolute Gasteiger partial charge is 0.491 e. The van der Waals surface area contributed by atoms with Crippen LogP contribution in [0.5, 0.6) is 5.75 Å². The van der Waals surface area contributed by atoms with Crippen molar-refractivity contribution >= 4 is 35.0 Å². The summed E-state index contributed by atoms with van der Waals surface area (Å²) < 4.78 is 73.8. The molecule has 2 aliphatic heterocycles. The van der Waals surface area contributed by atoms with E-state index in [0.717, 1.165) is 12.1 Å². The van der Waals surface area contributed by atoms with Gasteiger partial charge < -0.3 is 20.3 Å². The fraction of sp³-hybridized carbons (Fsp3) is 0.250. The standard InChI is InChI=1S/C28H21ClF5N3O4/c1-37-17(3-5-23(37)38)12-41-18-10-20-24(25(36-27(20)40)19-9-15(30)2-4-21(19)29)22(11-18)35-26(39)13-6-14(28(32,33)34)8-16(31)7-13/h2,4,6-11,17,25H,3,5,12H2,1H3,(H,35,39)(H,36,40)/t17-,25+/m0/s1. The predicted octanol–water partition coefficient (Wildman–Crippen LogP) is 5.72. The molecule has 2 heterocycles. The van der Waals surface area contributed by atoms with Gasteiger partial charge in [-0.2, -0.15) is 13.2 Å². The van der Waals surface area contributed by atoms with Crippen LogP contribution in [0.25, 0.3) is 0 Å². The number of carbonyl (C=O) groups is 3. The van der Waals surface area contributed by atoms with E-state index in [1.165, 1.54) is 23.1 Å². The Labute approximate surface area is 235 Å². The Kier molecular flexibility index (Phi) is 7.37. The summed E-state index contributed by atoms with van der Waals surface area (Å²) in [5, 5.41) is 5.24. The third-order valence-corrected chi connectivity index (χ3v) is 7.39. The Morgan fingerprint density at radius 3 is 2.54 bits per heavy atom. The van der Waals surface area contributed by atoms with Gasteiger partial charge in [0.15, 0.2) is 0 Å². The fourth-order valence-corrected chi connectivity index (χ4v) is 5.12. The molecule has 0 radical (unpaired) electrons. The van der Waals surface area contributed by atoms with E-state index in [2.05, 4.69) is 10.6 Å². The quantitative estimate of drug-likeness (QED) is 0.358. The zero-order valence-corrected chi connectivity index (χ0v) is 22.0. The summed E-state index contributed by atoms with van der Waals surface area (Å²) in [4.78, 5) is 39.5. The first-order valence-electron chi connectivity index (χ1n) is 12.3. The van der Waals surface area contributed by atoms with Gasteiger partial charge in [-0.3, -0.25) is 14.4 Å². The van der Waals surface area contributed by atoms with E-state index in [9.17, 15) is 36.3 Å². The van der Waals surface area contributed by atoms with Gasteiger partial charge in [-0.1, -0.05) is 11.6 Å². The molecule has 3 aromatic carbocycles. The van der Waals surface area contributed by atoms with Crippen molar-refractivity contribution in [1.29, 1.82) is 0 Å². The third kappa shape index (κ3) is 5.69.